The van der Waals surface area contributed by atoms with Gasteiger partial charge in [0.2, 0.25) is 5.91 Å². The van der Waals surface area contributed by atoms with E-state index in [1.807, 2.05) is 47.0 Å². The molecular formula is C25H29N5O3S. The maximum Gasteiger partial charge on any atom is 0.321 e. The van der Waals surface area contributed by atoms with Crippen LogP contribution in [0.4, 0.5) is 4.79 Å². The number of nitrogens with zero attached hydrogens (tertiary/aromatic N) is 3. The van der Waals surface area contributed by atoms with Crippen LogP contribution in [-0.2, 0) is 17.8 Å². The van der Waals surface area contributed by atoms with Gasteiger partial charge in [-0.15, -0.1) is 10.2 Å². The van der Waals surface area contributed by atoms with E-state index in [1.54, 1.807) is 7.11 Å². The van der Waals surface area contributed by atoms with E-state index in [0.717, 1.165) is 37.7 Å². The average Bonchev–Trinajstić information content (AvgIpc) is 3.51. The number of benzene rings is 2. The number of carbonyl (C=O) groups is 2. The minimum absolute atomic E-state index is 0.0630. The Morgan fingerprint density at radius 3 is 2.56 bits per heavy atom. The van der Waals surface area contributed by atoms with Gasteiger partial charge in [-0.1, -0.05) is 67.1 Å². The molecule has 34 heavy (non-hydrogen) atoms. The summed E-state index contributed by atoms with van der Waals surface area (Å²) in [5.74, 6) is 1.08. The quantitative estimate of drug-likeness (QED) is 0.449. The molecule has 3 amide bonds. The number of para-hydroxylation sites is 1. The normalized spacial score (nSPS) is 13.6. The lowest BCUT2D eigenvalue weighted by atomic mass is 10.1. The van der Waals surface area contributed by atoms with Gasteiger partial charge in [0.05, 0.1) is 18.4 Å². The van der Waals surface area contributed by atoms with E-state index in [2.05, 4.69) is 33.0 Å². The molecule has 1 aromatic heterocycles. The molecule has 0 saturated heterocycles. The molecule has 1 heterocycles. The first-order valence-electron chi connectivity index (χ1n) is 11.5. The Kier molecular flexibility index (Phi) is 8.19. The summed E-state index contributed by atoms with van der Waals surface area (Å²) in [4.78, 5) is 24.5. The lowest BCUT2D eigenvalue weighted by molar-refractivity contribution is -0.117. The molecular weight excluding hydrogens is 450 g/mol. The summed E-state index contributed by atoms with van der Waals surface area (Å²) in [5.41, 5.74) is 2.03. The van der Waals surface area contributed by atoms with Crippen LogP contribution in [0.25, 0.3) is 11.4 Å². The first-order chi connectivity index (χ1) is 16.6. The van der Waals surface area contributed by atoms with Crippen molar-refractivity contribution >= 4 is 23.7 Å². The summed E-state index contributed by atoms with van der Waals surface area (Å²) in [7, 11) is 1.63. The molecule has 0 spiro atoms. The molecule has 4 rings (SSSR count). The fourth-order valence-corrected chi connectivity index (χ4v) is 4.86. The van der Waals surface area contributed by atoms with Crippen LogP contribution in [0.3, 0.4) is 0 Å². The van der Waals surface area contributed by atoms with Crippen molar-refractivity contribution in [3.05, 3.63) is 60.2 Å². The molecule has 8 nitrogen and oxygen atoms in total. The Hall–Kier alpha value is -3.33. The van der Waals surface area contributed by atoms with E-state index in [0.29, 0.717) is 23.3 Å². The molecule has 0 aliphatic heterocycles. The van der Waals surface area contributed by atoms with Crippen LogP contribution < -0.4 is 15.4 Å². The Morgan fingerprint density at radius 2 is 1.79 bits per heavy atom. The Balaban J connectivity index is 1.46. The van der Waals surface area contributed by atoms with E-state index in [9.17, 15) is 9.59 Å². The number of hydrogen-bond acceptors (Lipinski definition) is 6. The van der Waals surface area contributed by atoms with Crippen molar-refractivity contribution in [1.82, 2.24) is 25.4 Å². The zero-order chi connectivity index (χ0) is 23.8. The monoisotopic (exact) mass is 479 g/mol. The molecule has 178 valence electrons. The van der Waals surface area contributed by atoms with Gasteiger partial charge in [0, 0.05) is 12.6 Å². The molecule has 0 bridgehead atoms. The number of rotatable bonds is 9. The van der Waals surface area contributed by atoms with Crippen molar-refractivity contribution in [2.75, 3.05) is 12.9 Å². The fourth-order valence-electron chi connectivity index (χ4n) is 4.10. The van der Waals surface area contributed by atoms with E-state index >= 15 is 0 Å². The summed E-state index contributed by atoms with van der Waals surface area (Å²) in [6.45, 7) is 0.635. The lowest BCUT2D eigenvalue weighted by Crippen LogP contribution is -2.44. The Labute approximate surface area is 203 Å². The van der Waals surface area contributed by atoms with Crippen molar-refractivity contribution < 1.29 is 14.3 Å². The predicted molar refractivity (Wildman–Crippen MR) is 132 cm³/mol. The minimum atomic E-state index is -0.433. The van der Waals surface area contributed by atoms with Crippen molar-refractivity contribution in [3.8, 4) is 17.1 Å². The zero-order valence-corrected chi connectivity index (χ0v) is 20.0. The highest BCUT2D eigenvalue weighted by molar-refractivity contribution is 7.99. The Bertz CT molecular complexity index is 1110. The number of nitrogens with one attached hydrogen (secondary N) is 2. The average molecular weight is 480 g/mol. The van der Waals surface area contributed by atoms with E-state index < -0.39 is 6.03 Å². The number of methoxy groups -OCH3 is 1. The molecule has 0 unspecified atom stereocenters. The van der Waals surface area contributed by atoms with E-state index in [4.69, 9.17) is 4.74 Å². The van der Waals surface area contributed by atoms with Gasteiger partial charge in [-0.2, -0.15) is 0 Å². The standard InChI is InChI=1S/C25H29N5O3S/c1-33-21-14-8-7-13-20(21)23-28-29-25(30(23)16-15-18-9-3-2-4-10-18)34-17-22(31)27-24(32)26-19-11-5-6-12-19/h2-4,7-10,13-14,19H,5-6,11-12,15-17H2,1H3,(H2,26,27,31,32). The van der Waals surface area contributed by atoms with Gasteiger partial charge < -0.3 is 14.6 Å². The largest absolute Gasteiger partial charge is 0.496 e. The van der Waals surface area contributed by atoms with Crippen LogP contribution in [0.2, 0.25) is 0 Å². The molecule has 9 heteroatoms. The van der Waals surface area contributed by atoms with Crippen LogP contribution in [0, 0.1) is 0 Å². The highest BCUT2D eigenvalue weighted by atomic mass is 32.2. The van der Waals surface area contributed by atoms with Crippen molar-refractivity contribution in [3.63, 3.8) is 0 Å². The molecule has 1 aliphatic carbocycles. The fraction of sp³-hybridized carbons (Fsp3) is 0.360. The van der Waals surface area contributed by atoms with Crippen LogP contribution in [0.1, 0.15) is 31.2 Å². The number of thioether (sulfide) groups is 1. The van der Waals surface area contributed by atoms with Gasteiger partial charge in [0.1, 0.15) is 5.75 Å². The highest BCUT2D eigenvalue weighted by Gasteiger charge is 2.20. The topological polar surface area (TPSA) is 98.1 Å². The number of amides is 3. The van der Waals surface area contributed by atoms with E-state index in [-0.39, 0.29) is 17.7 Å². The van der Waals surface area contributed by atoms with Crippen molar-refractivity contribution in [1.29, 1.82) is 0 Å². The van der Waals surface area contributed by atoms with Crippen LogP contribution in [0.15, 0.2) is 59.8 Å². The number of urea groups is 1. The van der Waals surface area contributed by atoms with Gasteiger partial charge in [0.15, 0.2) is 11.0 Å². The molecule has 3 aromatic rings. The van der Waals surface area contributed by atoms with Crippen molar-refractivity contribution in [2.45, 2.75) is 49.8 Å². The number of aryl methyl sites for hydroxylation is 1. The second-order valence-corrected chi connectivity index (χ2v) is 9.13. The summed E-state index contributed by atoms with van der Waals surface area (Å²) in [6, 6.07) is 17.6. The number of imide groups is 1. The molecule has 0 atom stereocenters. The van der Waals surface area contributed by atoms with Gasteiger partial charge in [0.25, 0.3) is 0 Å². The Morgan fingerprint density at radius 1 is 1.06 bits per heavy atom. The van der Waals surface area contributed by atoms with Gasteiger partial charge in [-0.3, -0.25) is 10.1 Å². The lowest BCUT2D eigenvalue weighted by Gasteiger charge is -2.13. The SMILES string of the molecule is COc1ccccc1-c1nnc(SCC(=O)NC(=O)NC2CCCC2)n1CCc1ccccc1. The summed E-state index contributed by atoms with van der Waals surface area (Å²) in [6.07, 6.45) is 4.94. The zero-order valence-electron chi connectivity index (χ0n) is 19.2. The van der Waals surface area contributed by atoms with Gasteiger partial charge in [-0.25, -0.2) is 4.79 Å². The number of ether oxygens (including phenoxy) is 1. The molecule has 2 N–H and O–H groups in total. The second kappa shape index (κ2) is 11.7. The molecule has 1 aliphatic rings. The molecule has 1 saturated carbocycles. The van der Waals surface area contributed by atoms with Gasteiger partial charge in [-0.05, 0) is 37.0 Å². The molecule has 1 fully saturated rings. The minimum Gasteiger partial charge on any atom is -0.496 e. The van der Waals surface area contributed by atoms with Crippen molar-refractivity contribution in [2.24, 2.45) is 0 Å². The number of hydrogen-bond donors (Lipinski definition) is 2. The summed E-state index contributed by atoms with van der Waals surface area (Å²) >= 11 is 1.26. The predicted octanol–water partition coefficient (Wildman–Crippen LogP) is 4.06. The highest BCUT2D eigenvalue weighted by Crippen LogP contribution is 2.31. The van der Waals surface area contributed by atoms with Crippen LogP contribution >= 0.6 is 11.8 Å². The van der Waals surface area contributed by atoms with Gasteiger partial charge >= 0.3 is 6.03 Å². The number of aromatic nitrogens is 3. The number of carbonyl (C=O) groups excluding carboxylic acids is 2. The third-order valence-corrected chi connectivity index (χ3v) is 6.77. The maximum absolute atomic E-state index is 12.4. The van der Waals surface area contributed by atoms with Crippen LogP contribution in [0.5, 0.6) is 5.75 Å². The summed E-state index contributed by atoms with van der Waals surface area (Å²) in [5, 5.41) is 14.7. The molecule has 0 radical (unpaired) electrons. The van der Waals surface area contributed by atoms with Crippen LogP contribution in [-0.4, -0.2) is 45.6 Å². The maximum atomic E-state index is 12.4. The summed E-state index contributed by atoms with van der Waals surface area (Å²) < 4.78 is 7.53. The third-order valence-electron chi connectivity index (χ3n) is 5.81. The first-order valence-corrected chi connectivity index (χ1v) is 12.5. The smallest absolute Gasteiger partial charge is 0.321 e. The third kappa shape index (κ3) is 6.17. The molecule has 2 aromatic carbocycles. The second-order valence-electron chi connectivity index (χ2n) is 8.19. The first kappa shape index (κ1) is 23.8. The van der Waals surface area contributed by atoms with E-state index in [1.165, 1.54) is 17.3 Å².